The third-order valence-corrected chi connectivity index (χ3v) is 6.54. The Morgan fingerprint density at radius 1 is 1.16 bits per heavy atom. The molecule has 2 heterocycles. The first kappa shape index (κ1) is 23.0. The number of unbranched alkanes of at least 4 members (excludes halogenated alkanes) is 2. The van der Waals surface area contributed by atoms with Crippen LogP contribution in [0.1, 0.15) is 51.9 Å². The molecule has 2 aliphatic heterocycles. The van der Waals surface area contributed by atoms with Crippen LogP contribution in [-0.2, 0) is 9.84 Å². The second-order valence-corrected chi connectivity index (χ2v) is 9.20. The third kappa shape index (κ3) is 9.42. The highest BCUT2D eigenvalue weighted by atomic mass is 127. The molecule has 2 saturated heterocycles. The zero-order chi connectivity index (χ0) is 17.3. The Morgan fingerprint density at radius 2 is 1.92 bits per heavy atom. The average Bonchev–Trinajstić information content (AvgIpc) is 2.90. The zero-order valence-electron chi connectivity index (χ0n) is 15.5. The van der Waals surface area contributed by atoms with Crippen LogP contribution in [0.3, 0.4) is 0 Å². The number of halogens is 1. The van der Waals surface area contributed by atoms with Gasteiger partial charge in [0.1, 0.15) is 0 Å². The Labute approximate surface area is 170 Å². The average molecular weight is 486 g/mol. The highest BCUT2D eigenvalue weighted by Crippen LogP contribution is 2.11. The molecule has 8 heteroatoms. The molecule has 6 nitrogen and oxygen atoms in total. The van der Waals surface area contributed by atoms with E-state index >= 15 is 0 Å². The van der Waals surface area contributed by atoms with Gasteiger partial charge in [0.2, 0.25) is 0 Å². The predicted octanol–water partition coefficient (Wildman–Crippen LogP) is 2.00. The molecule has 2 N–H and O–H groups in total. The maximum atomic E-state index is 11.5. The van der Waals surface area contributed by atoms with Gasteiger partial charge in [-0.25, -0.2) is 8.42 Å². The summed E-state index contributed by atoms with van der Waals surface area (Å²) in [5.74, 6) is 1.28. The molecular weight excluding hydrogens is 451 g/mol. The number of nitrogens with zero attached hydrogens (tertiary/aromatic N) is 2. The molecule has 1 atom stereocenters. The van der Waals surface area contributed by atoms with E-state index in [0.29, 0.717) is 12.2 Å². The number of nitrogens with one attached hydrogen (secondary N) is 2. The van der Waals surface area contributed by atoms with E-state index in [1.165, 1.54) is 51.7 Å². The van der Waals surface area contributed by atoms with Crippen LogP contribution in [0.4, 0.5) is 0 Å². The Bertz CT molecular complexity index is 493. The summed E-state index contributed by atoms with van der Waals surface area (Å²) in [6, 6.07) is 0.00639. The van der Waals surface area contributed by atoms with Gasteiger partial charge in [0.05, 0.1) is 11.5 Å². The van der Waals surface area contributed by atoms with Crippen molar-refractivity contribution in [3.8, 4) is 0 Å². The highest BCUT2D eigenvalue weighted by molar-refractivity contribution is 14.0. The summed E-state index contributed by atoms with van der Waals surface area (Å²) in [5.41, 5.74) is 0. The van der Waals surface area contributed by atoms with Crippen molar-refractivity contribution >= 4 is 39.8 Å². The lowest BCUT2D eigenvalue weighted by atomic mass is 10.1. The van der Waals surface area contributed by atoms with Crippen LogP contribution in [0.25, 0.3) is 0 Å². The number of likely N-dealkylation sites (tertiary alicyclic amines) is 1. The van der Waals surface area contributed by atoms with Gasteiger partial charge in [0.15, 0.2) is 15.8 Å². The molecule has 0 aromatic heterocycles. The number of piperidine rings is 1. The summed E-state index contributed by atoms with van der Waals surface area (Å²) < 4.78 is 23.1. The van der Waals surface area contributed by atoms with Crippen LogP contribution in [-0.4, -0.2) is 69.5 Å². The number of hydrogen-bond donors (Lipinski definition) is 2. The van der Waals surface area contributed by atoms with Gasteiger partial charge in [0.25, 0.3) is 0 Å². The van der Waals surface area contributed by atoms with E-state index in [1.54, 1.807) is 0 Å². The number of rotatable bonds is 8. The summed E-state index contributed by atoms with van der Waals surface area (Å²) in [6.07, 6.45) is 8.35. The van der Waals surface area contributed by atoms with Crippen molar-refractivity contribution in [2.75, 3.05) is 44.2 Å². The molecule has 2 aliphatic rings. The van der Waals surface area contributed by atoms with Gasteiger partial charge in [0, 0.05) is 19.1 Å². The summed E-state index contributed by atoms with van der Waals surface area (Å²) >= 11 is 0. The van der Waals surface area contributed by atoms with Crippen LogP contribution in [0.5, 0.6) is 0 Å². The van der Waals surface area contributed by atoms with E-state index < -0.39 is 9.84 Å². The molecule has 0 aromatic rings. The molecule has 25 heavy (non-hydrogen) atoms. The molecule has 148 valence electrons. The van der Waals surface area contributed by atoms with E-state index in [4.69, 9.17) is 0 Å². The fraction of sp³-hybridized carbons (Fsp3) is 0.941. The topological polar surface area (TPSA) is 73.8 Å². The molecule has 2 rings (SSSR count). The highest BCUT2D eigenvalue weighted by Gasteiger charge is 2.28. The molecule has 0 spiro atoms. The molecule has 0 amide bonds. The number of guanidine groups is 1. The SMILES string of the molecule is CCNC(=NCCCCCN1CCCCC1)NC1CCS(=O)(=O)C1.I. The molecule has 1 unspecified atom stereocenters. The van der Waals surface area contributed by atoms with Gasteiger partial charge in [-0.2, -0.15) is 0 Å². The Morgan fingerprint density at radius 3 is 2.56 bits per heavy atom. The van der Waals surface area contributed by atoms with Gasteiger partial charge < -0.3 is 15.5 Å². The summed E-state index contributed by atoms with van der Waals surface area (Å²) in [6.45, 7) is 7.39. The zero-order valence-corrected chi connectivity index (χ0v) is 18.7. The predicted molar refractivity (Wildman–Crippen MR) is 116 cm³/mol. The minimum absolute atomic E-state index is 0. The van der Waals surface area contributed by atoms with E-state index in [9.17, 15) is 8.42 Å². The number of aliphatic imine (C=N–C) groups is 1. The Balaban J connectivity index is 0.00000312. The number of sulfone groups is 1. The third-order valence-electron chi connectivity index (χ3n) is 4.77. The second kappa shape index (κ2) is 12.3. The standard InChI is InChI=1S/C17H34N4O2S.HI/c1-2-18-17(20-16-9-14-24(22,23)15-16)19-10-5-3-6-11-21-12-7-4-8-13-21;/h16H,2-15H2,1H3,(H2,18,19,20);1H. The molecule has 2 fully saturated rings. The van der Waals surface area contributed by atoms with Crippen LogP contribution >= 0.6 is 24.0 Å². The molecule has 0 radical (unpaired) electrons. The fourth-order valence-electron chi connectivity index (χ4n) is 3.42. The summed E-state index contributed by atoms with van der Waals surface area (Å²) in [7, 11) is -2.85. The van der Waals surface area contributed by atoms with Gasteiger partial charge in [-0.05, 0) is 58.7 Å². The van der Waals surface area contributed by atoms with Crippen molar-refractivity contribution < 1.29 is 8.42 Å². The summed E-state index contributed by atoms with van der Waals surface area (Å²) in [5, 5.41) is 6.48. The Kier molecular flexibility index (Phi) is 11.3. The van der Waals surface area contributed by atoms with Crippen LogP contribution in [0.2, 0.25) is 0 Å². The number of hydrogen-bond acceptors (Lipinski definition) is 4. The lowest BCUT2D eigenvalue weighted by molar-refractivity contribution is 0.224. The molecule has 0 bridgehead atoms. The maximum absolute atomic E-state index is 11.5. The van der Waals surface area contributed by atoms with Crippen molar-refractivity contribution in [1.29, 1.82) is 0 Å². The van der Waals surface area contributed by atoms with Gasteiger partial charge in [-0.3, -0.25) is 4.99 Å². The van der Waals surface area contributed by atoms with Gasteiger partial charge in [-0.15, -0.1) is 24.0 Å². The maximum Gasteiger partial charge on any atom is 0.191 e. The molecule has 0 saturated carbocycles. The lowest BCUT2D eigenvalue weighted by Crippen LogP contribution is -2.44. The smallest absolute Gasteiger partial charge is 0.191 e. The summed E-state index contributed by atoms with van der Waals surface area (Å²) in [4.78, 5) is 7.18. The molecule has 0 aliphatic carbocycles. The monoisotopic (exact) mass is 486 g/mol. The first-order valence-electron chi connectivity index (χ1n) is 9.57. The van der Waals surface area contributed by atoms with Gasteiger partial charge >= 0.3 is 0 Å². The first-order valence-corrected chi connectivity index (χ1v) is 11.4. The van der Waals surface area contributed by atoms with E-state index in [0.717, 1.165) is 25.5 Å². The quantitative estimate of drug-likeness (QED) is 0.238. The van der Waals surface area contributed by atoms with Crippen molar-refractivity contribution in [2.24, 2.45) is 4.99 Å². The van der Waals surface area contributed by atoms with Crippen molar-refractivity contribution in [3.63, 3.8) is 0 Å². The minimum Gasteiger partial charge on any atom is -0.357 e. The van der Waals surface area contributed by atoms with E-state index in [1.807, 2.05) is 6.92 Å². The van der Waals surface area contributed by atoms with Crippen molar-refractivity contribution in [3.05, 3.63) is 0 Å². The molecule has 0 aromatic carbocycles. The second-order valence-electron chi connectivity index (χ2n) is 6.97. The Hall–Kier alpha value is -0.0900. The van der Waals surface area contributed by atoms with Crippen LogP contribution in [0.15, 0.2) is 4.99 Å². The largest absolute Gasteiger partial charge is 0.357 e. The first-order chi connectivity index (χ1) is 11.6. The normalized spacial score (nSPS) is 23.9. The minimum atomic E-state index is -2.85. The van der Waals surface area contributed by atoms with Crippen molar-refractivity contribution in [2.45, 2.75) is 57.9 Å². The van der Waals surface area contributed by atoms with Gasteiger partial charge in [-0.1, -0.05) is 12.8 Å². The molecular formula is C17H35IN4O2S. The van der Waals surface area contributed by atoms with E-state index in [-0.39, 0.29) is 35.8 Å². The van der Waals surface area contributed by atoms with E-state index in [2.05, 4.69) is 20.5 Å². The lowest BCUT2D eigenvalue weighted by Gasteiger charge is -2.26. The fourth-order valence-corrected chi connectivity index (χ4v) is 5.09. The van der Waals surface area contributed by atoms with Crippen LogP contribution < -0.4 is 10.6 Å². The van der Waals surface area contributed by atoms with Crippen molar-refractivity contribution in [1.82, 2.24) is 15.5 Å². The van der Waals surface area contributed by atoms with Crippen LogP contribution in [0, 0.1) is 0 Å².